The number of benzene rings is 1. The average molecular weight is 301 g/mol. The zero-order valence-corrected chi connectivity index (χ0v) is 13.2. The highest BCUT2D eigenvalue weighted by Crippen LogP contribution is 2.37. The van der Waals surface area contributed by atoms with Crippen LogP contribution in [0.4, 0.5) is 0 Å². The van der Waals surface area contributed by atoms with Crippen molar-refractivity contribution in [1.82, 2.24) is 10.0 Å². The number of amidine groups is 1. The number of methoxy groups -OCH3 is 1. The molecule has 118 valence electrons. The predicted octanol–water partition coefficient (Wildman–Crippen LogP) is 3.51. The van der Waals surface area contributed by atoms with Gasteiger partial charge in [-0.1, -0.05) is 31.4 Å². The monoisotopic (exact) mass is 301 g/mol. The van der Waals surface area contributed by atoms with E-state index < -0.39 is 0 Å². The molecule has 0 radical (unpaired) electrons. The molecule has 1 aromatic carbocycles. The standard InChI is InChI=1S/C17H23N3O2/c1-18-17(19-21)14-11-20(12-7-4-3-5-8-12)16-13(14)9-6-10-15(16)22-2/h6,9-12,21H,3-5,7-8H2,1-2H3,(H,18,19). The van der Waals surface area contributed by atoms with Crippen LogP contribution in [-0.2, 0) is 0 Å². The molecule has 2 aromatic rings. The Bertz CT molecular complexity index is 685. The van der Waals surface area contributed by atoms with Crippen molar-refractivity contribution in [3.8, 4) is 5.75 Å². The van der Waals surface area contributed by atoms with Gasteiger partial charge in [-0.2, -0.15) is 0 Å². The van der Waals surface area contributed by atoms with Crippen molar-refractivity contribution >= 4 is 16.7 Å². The molecule has 1 fully saturated rings. The lowest BCUT2D eigenvalue weighted by Crippen LogP contribution is -2.20. The molecule has 3 rings (SSSR count). The highest BCUT2D eigenvalue weighted by Gasteiger charge is 2.22. The minimum absolute atomic E-state index is 0.479. The van der Waals surface area contributed by atoms with E-state index in [-0.39, 0.29) is 0 Å². The van der Waals surface area contributed by atoms with Gasteiger partial charge in [0, 0.05) is 30.2 Å². The van der Waals surface area contributed by atoms with Gasteiger partial charge in [-0.25, -0.2) is 0 Å². The summed E-state index contributed by atoms with van der Waals surface area (Å²) in [5.41, 5.74) is 4.20. The van der Waals surface area contributed by atoms with Gasteiger partial charge in [-0.3, -0.25) is 15.7 Å². The van der Waals surface area contributed by atoms with Crippen LogP contribution < -0.4 is 10.2 Å². The normalized spacial score (nSPS) is 17.0. The number of nitrogens with zero attached hydrogens (tertiary/aromatic N) is 2. The molecular weight excluding hydrogens is 278 g/mol. The Morgan fingerprint density at radius 1 is 1.32 bits per heavy atom. The Hall–Kier alpha value is -2.01. The van der Waals surface area contributed by atoms with Gasteiger partial charge in [0.15, 0.2) is 5.84 Å². The van der Waals surface area contributed by atoms with Gasteiger partial charge in [0.1, 0.15) is 5.75 Å². The van der Waals surface area contributed by atoms with Crippen molar-refractivity contribution in [1.29, 1.82) is 0 Å². The first-order valence-corrected chi connectivity index (χ1v) is 7.85. The molecule has 1 aliphatic rings. The van der Waals surface area contributed by atoms with Crippen LogP contribution in [-0.4, -0.2) is 29.8 Å². The summed E-state index contributed by atoms with van der Waals surface area (Å²) in [4.78, 5) is 4.14. The number of fused-ring (bicyclic) bond motifs is 1. The first-order valence-electron chi connectivity index (χ1n) is 7.85. The Balaban J connectivity index is 2.21. The maximum absolute atomic E-state index is 9.36. The molecule has 0 saturated heterocycles. The molecule has 1 heterocycles. The fourth-order valence-corrected chi connectivity index (χ4v) is 3.51. The molecule has 0 bridgehead atoms. The molecule has 1 aromatic heterocycles. The van der Waals surface area contributed by atoms with E-state index >= 15 is 0 Å². The van der Waals surface area contributed by atoms with Crippen molar-refractivity contribution in [3.05, 3.63) is 30.0 Å². The van der Waals surface area contributed by atoms with Crippen LogP contribution in [0.15, 0.2) is 29.4 Å². The third-order valence-electron chi connectivity index (χ3n) is 4.59. The van der Waals surface area contributed by atoms with E-state index in [0.717, 1.165) is 22.2 Å². The van der Waals surface area contributed by atoms with Gasteiger partial charge in [0.05, 0.1) is 12.6 Å². The summed E-state index contributed by atoms with van der Waals surface area (Å²) >= 11 is 0. The number of rotatable bonds is 3. The topological polar surface area (TPSA) is 58.8 Å². The smallest absolute Gasteiger partial charge is 0.154 e. The lowest BCUT2D eigenvalue weighted by molar-refractivity contribution is 0.235. The Morgan fingerprint density at radius 3 is 2.73 bits per heavy atom. The van der Waals surface area contributed by atoms with Crippen molar-refractivity contribution in [2.45, 2.75) is 38.1 Å². The van der Waals surface area contributed by atoms with Gasteiger partial charge < -0.3 is 9.30 Å². The number of aliphatic imine (C=N–C) groups is 1. The van der Waals surface area contributed by atoms with E-state index in [1.54, 1.807) is 14.2 Å². The van der Waals surface area contributed by atoms with Crippen LogP contribution in [0.2, 0.25) is 0 Å². The van der Waals surface area contributed by atoms with Crippen LogP contribution in [0.25, 0.3) is 10.9 Å². The fourth-order valence-electron chi connectivity index (χ4n) is 3.51. The third kappa shape index (κ3) is 2.46. The summed E-state index contributed by atoms with van der Waals surface area (Å²) in [6.07, 6.45) is 8.32. The molecule has 22 heavy (non-hydrogen) atoms. The van der Waals surface area contributed by atoms with Crippen LogP contribution in [0.5, 0.6) is 5.75 Å². The van der Waals surface area contributed by atoms with Crippen molar-refractivity contribution in [3.63, 3.8) is 0 Å². The maximum Gasteiger partial charge on any atom is 0.154 e. The molecule has 0 aliphatic heterocycles. The molecule has 5 nitrogen and oxygen atoms in total. The first-order chi connectivity index (χ1) is 10.8. The third-order valence-corrected chi connectivity index (χ3v) is 4.59. The number of para-hydroxylation sites is 1. The second-order valence-corrected chi connectivity index (χ2v) is 5.78. The highest BCUT2D eigenvalue weighted by atomic mass is 16.5. The molecule has 5 heteroatoms. The second-order valence-electron chi connectivity index (χ2n) is 5.78. The van der Waals surface area contributed by atoms with Crippen molar-refractivity contribution in [2.24, 2.45) is 4.99 Å². The number of aromatic nitrogens is 1. The molecule has 1 saturated carbocycles. The summed E-state index contributed by atoms with van der Waals surface area (Å²) < 4.78 is 7.89. The summed E-state index contributed by atoms with van der Waals surface area (Å²) in [5.74, 6) is 1.34. The van der Waals surface area contributed by atoms with Crippen LogP contribution in [0.1, 0.15) is 43.7 Å². The number of ether oxygens (including phenoxy) is 1. The number of hydroxylamine groups is 1. The molecule has 1 aliphatic carbocycles. The summed E-state index contributed by atoms with van der Waals surface area (Å²) in [7, 11) is 3.37. The fraction of sp³-hybridized carbons (Fsp3) is 0.471. The van der Waals surface area contributed by atoms with Gasteiger partial charge in [0.2, 0.25) is 0 Å². The van der Waals surface area contributed by atoms with E-state index in [9.17, 15) is 5.21 Å². The zero-order valence-electron chi connectivity index (χ0n) is 13.2. The quantitative estimate of drug-likeness (QED) is 0.518. The Labute approximate surface area is 130 Å². The van der Waals surface area contributed by atoms with Gasteiger partial charge >= 0.3 is 0 Å². The largest absolute Gasteiger partial charge is 0.495 e. The second kappa shape index (κ2) is 6.40. The van der Waals surface area contributed by atoms with Crippen LogP contribution >= 0.6 is 0 Å². The SMILES string of the molecule is CN=C(NO)c1cn(C2CCCCC2)c2c(OC)cccc12. The van der Waals surface area contributed by atoms with E-state index in [1.807, 2.05) is 12.1 Å². The minimum atomic E-state index is 0.479. The minimum Gasteiger partial charge on any atom is -0.495 e. The van der Waals surface area contributed by atoms with Gasteiger partial charge in [-0.05, 0) is 18.9 Å². The van der Waals surface area contributed by atoms with Crippen molar-refractivity contribution < 1.29 is 9.94 Å². The predicted molar refractivity (Wildman–Crippen MR) is 88.0 cm³/mol. The van der Waals surface area contributed by atoms with Crippen LogP contribution in [0, 0.1) is 0 Å². The summed E-state index contributed by atoms with van der Waals surface area (Å²) in [6.45, 7) is 0. The summed E-state index contributed by atoms with van der Waals surface area (Å²) in [5, 5.41) is 10.4. The van der Waals surface area contributed by atoms with E-state index in [1.165, 1.54) is 32.1 Å². The molecular formula is C17H23N3O2. The Morgan fingerprint density at radius 2 is 2.09 bits per heavy atom. The van der Waals surface area contributed by atoms with Crippen molar-refractivity contribution in [2.75, 3.05) is 14.2 Å². The number of hydrogen-bond donors (Lipinski definition) is 2. The molecule has 0 unspecified atom stereocenters. The molecule has 0 spiro atoms. The molecule has 0 atom stereocenters. The first kappa shape index (κ1) is 14.9. The summed E-state index contributed by atoms with van der Waals surface area (Å²) in [6, 6.07) is 6.49. The van der Waals surface area contributed by atoms with Crippen LogP contribution in [0.3, 0.4) is 0 Å². The van der Waals surface area contributed by atoms with E-state index in [0.29, 0.717) is 11.9 Å². The van der Waals surface area contributed by atoms with E-state index in [2.05, 4.69) is 27.3 Å². The average Bonchev–Trinajstić information content (AvgIpc) is 2.97. The lowest BCUT2D eigenvalue weighted by atomic mass is 9.95. The highest BCUT2D eigenvalue weighted by molar-refractivity contribution is 6.10. The maximum atomic E-state index is 9.36. The molecule has 0 amide bonds. The van der Waals surface area contributed by atoms with Gasteiger partial charge in [0.25, 0.3) is 0 Å². The zero-order chi connectivity index (χ0) is 15.5. The number of hydrogen-bond acceptors (Lipinski definition) is 3. The van der Waals surface area contributed by atoms with E-state index in [4.69, 9.17) is 4.74 Å². The Kier molecular flexibility index (Phi) is 4.34. The lowest BCUT2D eigenvalue weighted by Gasteiger charge is -2.24. The van der Waals surface area contributed by atoms with Gasteiger partial charge in [-0.15, -0.1) is 0 Å². The molecule has 2 N–H and O–H groups in total. The number of nitrogens with one attached hydrogen (secondary N) is 1.